The third kappa shape index (κ3) is 2.56. The predicted octanol–water partition coefficient (Wildman–Crippen LogP) is 2.08. The van der Waals surface area contributed by atoms with Gasteiger partial charge in [-0.3, -0.25) is 4.79 Å². The molecule has 0 radical (unpaired) electrons. The van der Waals surface area contributed by atoms with Gasteiger partial charge in [0.2, 0.25) is 5.91 Å². The van der Waals surface area contributed by atoms with E-state index in [1.807, 2.05) is 17.2 Å². The fraction of sp³-hybridized carbons (Fsp3) is 0.438. The Labute approximate surface area is 118 Å². The molecule has 1 amide bonds. The van der Waals surface area contributed by atoms with Crippen LogP contribution in [0, 0.1) is 0 Å². The van der Waals surface area contributed by atoms with Crippen molar-refractivity contribution in [1.82, 2.24) is 9.88 Å². The Morgan fingerprint density at radius 3 is 3.15 bits per heavy atom. The van der Waals surface area contributed by atoms with E-state index in [0.717, 1.165) is 31.3 Å². The number of H-pyrrole nitrogens is 1. The number of aliphatic hydroxyl groups excluding tert-OH is 1. The van der Waals surface area contributed by atoms with Crippen LogP contribution in [0.15, 0.2) is 30.5 Å². The van der Waals surface area contributed by atoms with Gasteiger partial charge in [-0.15, -0.1) is 0 Å². The standard InChI is InChI=1S/C16H20N2O2/c19-11-14-2-1-9-18(14)16(20)6-4-12-3-5-15-13(10-12)7-8-17-15/h3,5,7-8,10,14,17,19H,1-2,4,6,9,11H2. The second kappa shape index (κ2) is 5.67. The first-order valence-electron chi connectivity index (χ1n) is 7.24. The van der Waals surface area contributed by atoms with Crippen LogP contribution in [0.4, 0.5) is 0 Å². The summed E-state index contributed by atoms with van der Waals surface area (Å²) in [5.41, 5.74) is 2.31. The van der Waals surface area contributed by atoms with Crippen molar-refractivity contribution in [1.29, 1.82) is 0 Å². The Balaban J connectivity index is 1.62. The molecule has 1 aromatic heterocycles. The van der Waals surface area contributed by atoms with Gasteiger partial charge in [-0.05, 0) is 48.4 Å². The van der Waals surface area contributed by atoms with E-state index in [9.17, 15) is 9.90 Å². The number of rotatable bonds is 4. The van der Waals surface area contributed by atoms with Gasteiger partial charge in [-0.2, -0.15) is 0 Å². The minimum absolute atomic E-state index is 0.0367. The zero-order valence-electron chi connectivity index (χ0n) is 11.5. The second-order valence-corrected chi connectivity index (χ2v) is 5.47. The molecule has 0 aliphatic carbocycles. The zero-order chi connectivity index (χ0) is 13.9. The van der Waals surface area contributed by atoms with E-state index in [0.29, 0.717) is 6.42 Å². The van der Waals surface area contributed by atoms with Gasteiger partial charge >= 0.3 is 0 Å². The molecule has 106 valence electrons. The van der Waals surface area contributed by atoms with Crippen LogP contribution in [0.1, 0.15) is 24.8 Å². The molecule has 1 atom stereocenters. The van der Waals surface area contributed by atoms with Gasteiger partial charge < -0.3 is 15.0 Å². The van der Waals surface area contributed by atoms with Crippen molar-refractivity contribution in [3.63, 3.8) is 0 Å². The minimum Gasteiger partial charge on any atom is -0.394 e. The van der Waals surface area contributed by atoms with E-state index < -0.39 is 0 Å². The van der Waals surface area contributed by atoms with Gasteiger partial charge in [-0.25, -0.2) is 0 Å². The predicted molar refractivity (Wildman–Crippen MR) is 78.4 cm³/mol. The van der Waals surface area contributed by atoms with Crippen LogP contribution in [-0.2, 0) is 11.2 Å². The molecular formula is C16H20N2O2. The summed E-state index contributed by atoms with van der Waals surface area (Å²) in [6, 6.07) is 8.34. The Kier molecular flexibility index (Phi) is 3.74. The topological polar surface area (TPSA) is 56.3 Å². The highest BCUT2D eigenvalue weighted by Gasteiger charge is 2.27. The molecule has 1 aliphatic rings. The maximum Gasteiger partial charge on any atom is 0.223 e. The Bertz CT molecular complexity index is 605. The summed E-state index contributed by atoms with van der Waals surface area (Å²) in [4.78, 5) is 17.2. The van der Waals surface area contributed by atoms with E-state index >= 15 is 0 Å². The summed E-state index contributed by atoms with van der Waals surface area (Å²) in [5.74, 6) is 0.163. The number of aromatic nitrogens is 1. The highest BCUT2D eigenvalue weighted by atomic mass is 16.3. The van der Waals surface area contributed by atoms with Crippen LogP contribution in [0.3, 0.4) is 0 Å². The number of likely N-dealkylation sites (tertiary alicyclic amines) is 1. The maximum atomic E-state index is 12.2. The number of hydrogen-bond donors (Lipinski definition) is 2. The quantitative estimate of drug-likeness (QED) is 0.895. The molecule has 2 N–H and O–H groups in total. The molecule has 4 nitrogen and oxygen atoms in total. The lowest BCUT2D eigenvalue weighted by Gasteiger charge is -2.23. The molecule has 1 fully saturated rings. The number of amides is 1. The number of nitrogens with one attached hydrogen (secondary N) is 1. The summed E-state index contributed by atoms with van der Waals surface area (Å²) in [6.07, 6.45) is 5.14. The number of nitrogens with zero attached hydrogens (tertiary/aromatic N) is 1. The lowest BCUT2D eigenvalue weighted by atomic mass is 10.1. The van der Waals surface area contributed by atoms with Gasteiger partial charge in [0, 0.05) is 24.7 Å². The first-order chi connectivity index (χ1) is 9.78. The summed E-state index contributed by atoms with van der Waals surface area (Å²) in [5, 5.41) is 10.5. The number of fused-ring (bicyclic) bond motifs is 1. The van der Waals surface area contributed by atoms with Crippen LogP contribution in [0.25, 0.3) is 10.9 Å². The highest BCUT2D eigenvalue weighted by molar-refractivity contribution is 5.80. The lowest BCUT2D eigenvalue weighted by molar-refractivity contribution is -0.132. The number of hydrogen-bond acceptors (Lipinski definition) is 2. The average Bonchev–Trinajstić information content (AvgIpc) is 3.12. The van der Waals surface area contributed by atoms with E-state index in [1.54, 1.807) is 0 Å². The highest BCUT2D eigenvalue weighted by Crippen LogP contribution is 2.19. The second-order valence-electron chi connectivity index (χ2n) is 5.47. The zero-order valence-corrected chi connectivity index (χ0v) is 11.5. The summed E-state index contributed by atoms with van der Waals surface area (Å²) in [7, 11) is 0. The molecule has 0 spiro atoms. The maximum absolute atomic E-state index is 12.2. The number of benzene rings is 1. The third-order valence-electron chi connectivity index (χ3n) is 4.15. The molecule has 4 heteroatoms. The van der Waals surface area contributed by atoms with Crippen molar-refractivity contribution in [2.75, 3.05) is 13.2 Å². The van der Waals surface area contributed by atoms with Gasteiger partial charge in [0.05, 0.1) is 12.6 Å². The first-order valence-corrected chi connectivity index (χ1v) is 7.24. The van der Waals surface area contributed by atoms with E-state index in [2.05, 4.69) is 23.2 Å². The van der Waals surface area contributed by atoms with Crippen molar-refractivity contribution in [3.8, 4) is 0 Å². The molecule has 2 aromatic rings. The Morgan fingerprint density at radius 2 is 2.30 bits per heavy atom. The fourth-order valence-corrected chi connectivity index (χ4v) is 3.01. The van der Waals surface area contributed by atoms with Crippen LogP contribution < -0.4 is 0 Å². The van der Waals surface area contributed by atoms with Crippen molar-refractivity contribution in [2.24, 2.45) is 0 Å². The SMILES string of the molecule is O=C(CCc1ccc2[nH]ccc2c1)N1CCCC1CO. The molecule has 3 rings (SSSR count). The number of carbonyl (C=O) groups excluding carboxylic acids is 1. The number of aliphatic hydroxyl groups is 1. The molecule has 1 saturated heterocycles. The van der Waals surface area contributed by atoms with E-state index in [1.165, 1.54) is 10.9 Å². The van der Waals surface area contributed by atoms with Crippen LogP contribution in [0.2, 0.25) is 0 Å². The number of carbonyl (C=O) groups is 1. The fourth-order valence-electron chi connectivity index (χ4n) is 3.01. The van der Waals surface area contributed by atoms with E-state index in [-0.39, 0.29) is 18.6 Å². The molecule has 1 aliphatic heterocycles. The van der Waals surface area contributed by atoms with Gasteiger partial charge in [0.15, 0.2) is 0 Å². The molecule has 2 heterocycles. The van der Waals surface area contributed by atoms with Crippen LogP contribution >= 0.6 is 0 Å². The van der Waals surface area contributed by atoms with Gasteiger partial charge in [0.1, 0.15) is 0 Å². The van der Waals surface area contributed by atoms with Crippen molar-refractivity contribution >= 4 is 16.8 Å². The monoisotopic (exact) mass is 272 g/mol. The van der Waals surface area contributed by atoms with Crippen molar-refractivity contribution < 1.29 is 9.90 Å². The lowest BCUT2D eigenvalue weighted by Crippen LogP contribution is -2.37. The van der Waals surface area contributed by atoms with E-state index in [4.69, 9.17) is 0 Å². The molecule has 0 saturated carbocycles. The van der Waals surface area contributed by atoms with Crippen molar-refractivity contribution in [3.05, 3.63) is 36.0 Å². The van der Waals surface area contributed by atoms with Crippen LogP contribution in [-0.4, -0.2) is 40.1 Å². The van der Waals surface area contributed by atoms with Gasteiger partial charge in [-0.1, -0.05) is 6.07 Å². The number of aromatic amines is 1. The molecule has 0 bridgehead atoms. The first kappa shape index (κ1) is 13.2. The molecule has 20 heavy (non-hydrogen) atoms. The summed E-state index contributed by atoms with van der Waals surface area (Å²) in [6.45, 7) is 0.877. The molecule has 1 aromatic carbocycles. The molecular weight excluding hydrogens is 252 g/mol. The normalized spacial score (nSPS) is 18.9. The van der Waals surface area contributed by atoms with Crippen molar-refractivity contribution in [2.45, 2.75) is 31.7 Å². The Hall–Kier alpha value is -1.81. The smallest absolute Gasteiger partial charge is 0.223 e. The summed E-state index contributed by atoms with van der Waals surface area (Å²) >= 11 is 0. The number of aryl methyl sites for hydroxylation is 1. The minimum atomic E-state index is 0.0367. The molecule has 1 unspecified atom stereocenters. The Morgan fingerprint density at radius 1 is 1.40 bits per heavy atom. The third-order valence-corrected chi connectivity index (χ3v) is 4.15. The van der Waals surface area contributed by atoms with Crippen LogP contribution in [0.5, 0.6) is 0 Å². The average molecular weight is 272 g/mol. The van der Waals surface area contributed by atoms with Gasteiger partial charge in [0.25, 0.3) is 0 Å². The summed E-state index contributed by atoms with van der Waals surface area (Å²) < 4.78 is 0. The largest absolute Gasteiger partial charge is 0.394 e.